The maximum absolute atomic E-state index is 12.7. The molecule has 148 valence electrons. The average Bonchev–Trinajstić information content (AvgIpc) is 3.47. The van der Waals surface area contributed by atoms with Crippen LogP contribution in [0.4, 0.5) is 0 Å². The molecular weight excluding hydrogens is 362 g/mol. The highest BCUT2D eigenvalue weighted by molar-refractivity contribution is 6.30. The van der Waals surface area contributed by atoms with Crippen molar-refractivity contribution in [3.05, 3.63) is 34.9 Å². The molecule has 0 radical (unpaired) electrons. The van der Waals surface area contributed by atoms with E-state index >= 15 is 0 Å². The van der Waals surface area contributed by atoms with Gasteiger partial charge in [0.25, 0.3) is 0 Å². The van der Waals surface area contributed by atoms with Crippen molar-refractivity contribution < 1.29 is 9.59 Å². The number of carbonyl (C=O) groups excluding carboxylic acids is 2. The molecule has 1 saturated heterocycles. The van der Waals surface area contributed by atoms with Crippen LogP contribution in [0.25, 0.3) is 0 Å². The third-order valence-corrected chi connectivity index (χ3v) is 5.47. The van der Waals surface area contributed by atoms with Crippen LogP contribution in [0.15, 0.2) is 24.3 Å². The summed E-state index contributed by atoms with van der Waals surface area (Å²) < 4.78 is 0. The molecule has 5 nitrogen and oxygen atoms in total. The molecule has 1 aliphatic carbocycles. The van der Waals surface area contributed by atoms with Gasteiger partial charge in [-0.1, -0.05) is 37.6 Å². The largest absolute Gasteiger partial charge is 0.340 e. The van der Waals surface area contributed by atoms with E-state index < -0.39 is 0 Å². The van der Waals surface area contributed by atoms with Gasteiger partial charge in [-0.25, -0.2) is 0 Å². The minimum absolute atomic E-state index is 0.141. The fraction of sp³-hybridized carbons (Fsp3) is 0.619. The standard InChI is InChI=1S/C21H30ClN3O2/c1-16(2)14-25(19-7-8-19)21(27)15-23-9-11-24(12-10-23)20(26)13-17-3-5-18(22)6-4-17/h3-6,16,19H,7-15H2,1-2H3. The zero-order valence-electron chi connectivity index (χ0n) is 16.4. The monoisotopic (exact) mass is 391 g/mol. The van der Waals surface area contributed by atoms with E-state index in [2.05, 4.69) is 23.6 Å². The zero-order valence-corrected chi connectivity index (χ0v) is 17.1. The lowest BCUT2D eigenvalue weighted by Gasteiger charge is -2.35. The summed E-state index contributed by atoms with van der Waals surface area (Å²) in [7, 11) is 0. The Morgan fingerprint density at radius 3 is 2.30 bits per heavy atom. The van der Waals surface area contributed by atoms with Crippen molar-refractivity contribution in [3.63, 3.8) is 0 Å². The summed E-state index contributed by atoms with van der Waals surface area (Å²) >= 11 is 5.90. The van der Waals surface area contributed by atoms with Crippen molar-refractivity contribution in [1.82, 2.24) is 14.7 Å². The molecule has 27 heavy (non-hydrogen) atoms. The zero-order chi connectivity index (χ0) is 19.4. The molecule has 0 spiro atoms. The van der Waals surface area contributed by atoms with Crippen LogP contribution in [0.1, 0.15) is 32.3 Å². The van der Waals surface area contributed by atoms with Crippen molar-refractivity contribution in [2.45, 2.75) is 39.2 Å². The van der Waals surface area contributed by atoms with Crippen LogP contribution in [0.3, 0.4) is 0 Å². The molecule has 1 aromatic carbocycles. The van der Waals surface area contributed by atoms with Crippen LogP contribution in [-0.4, -0.2) is 71.8 Å². The number of carbonyl (C=O) groups is 2. The van der Waals surface area contributed by atoms with E-state index in [9.17, 15) is 9.59 Å². The molecule has 1 saturated carbocycles. The summed E-state index contributed by atoms with van der Waals surface area (Å²) in [5, 5.41) is 0.683. The Morgan fingerprint density at radius 1 is 1.11 bits per heavy atom. The highest BCUT2D eigenvalue weighted by Gasteiger charge is 2.33. The molecule has 0 atom stereocenters. The molecule has 0 unspecified atom stereocenters. The second kappa shape index (κ2) is 9.07. The molecule has 6 heteroatoms. The first kappa shape index (κ1) is 20.2. The van der Waals surface area contributed by atoms with Gasteiger partial charge in [0, 0.05) is 43.8 Å². The predicted octanol–water partition coefficient (Wildman–Crippen LogP) is 2.67. The third kappa shape index (κ3) is 5.94. The van der Waals surface area contributed by atoms with Gasteiger partial charge in [0.1, 0.15) is 0 Å². The number of hydrogen-bond acceptors (Lipinski definition) is 3. The highest BCUT2D eigenvalue weighted by Crippen LogP contribution is 2.27. The van der Waals surface area contributed by atoms with Crippen LogP contribution in [0.5, 0.6) is 0 Å². The van der Waals surface area contributed by atoms with E-state index in [-0.39, 0.29) is 11.8 Å². The first-order valence-corrected chi connectivity index (χ1v) is 10.3. The molecule has 2 fully saturated rings. The van der Waals surface area contributed by atoms with Gasteiger partial charge in [0.15, 0.2) is 0 Å². The molecule has 1 aliphatic heterocycles. The number of piperazine rings is 1. The van der Waals surface area contributed by atoms with E-state index in [1.54, 1.807) is 0 Å². The van der Waals surface area contributed by atoms with Crippen LogP contribution in [0.2, 0.25) is 5.02 Å². The van der Waals surface area contributed by atoms with E-state index in [4.69, 9.17) is 11.6 Å². The molecule has 1 heterocycles. The topological polar surface area (TPSA) is 43.9 Å². The van der Waals surface area contributed by atoms with Crippen LogP contribution in [-0.2, 0) is 16.0 Å². The quantitative estimate of drug-likeness (QED) is 0.717. The Bertz CT molecular complexity index is 650. The SMILES string of the molecule is CC(C)CN(C(=O)CN1CCN(C(=O)Cc2ccc(Cl)cc2)CC1)C1CC1. The fourth-order valence-electron chi connectivity index (χ4n) is 3.56. The molecule has 2 amide bonds. The molecule has 0 N–H and O–H groups in total. The van der Waals surface area contributed by atoms with Gasteiger partial charge >= 0.3 is 0 Å². The molecule has 3 rings (SSSR count). The second-order valence-corrected chi connectivity index (χ2v) is 8.57. The number of amides is 2. The van der Waals surface area contributed by atoms with Crippen molar-refractivity contribution in [3.8, 4) is 0 Å². The number of nitrogens with zero attached hydrogens (tertiary/aromatic N) is 3. The van der Waals surface area contributed by atoms with Crippen LogP contribution in [0, 0.1) is 5.92 Å². The number of halogens is 1. The Morgan fingerprint density at radius 2 is 1.74 bits per heavy atom. The number of hydrogen-bond donors (Lipinski definition) is 0. The van der Waals surface area contributed by atoms with Crippen molar-refractivity contribution in [1.29, 1.82) is 0 Å². The Kier molecular flexibility index (Phi) is 6.77. The van der Waals surface area contributed by atoms with Gasteiger partial charge in [0.2, 0.25) is 11.8 Å². The van der Waals surface area contributed by atoms with E-state index in [1.165, 1.54) is 0 Å². The number of benzene rings is 1. The summed E-state index contributed by atoms with van der Waals surface area (Å²) in [6.45, 7) is 8.55. The summed E-state index contributed by atoms with van der Waals surface area (Å²) in [6.07, 6.45) is 2.69. The average molecular weight is 392 g/mol. The lowest BCUT2D eigenvalue weighted by atomic mass is 10.1. The van der Waals surface area contributed by atoms with Crippen LogP contribution < -0.4 is 0 Å². The van der Waals surface area contributed by atoms with Gasteiger partial charge in [-0.15, -0.1) is 0 Å². The smallest absolute Gasteiger partial charge is 0.237 e. The maximum Gasteiger partial charge on any atom is 0.237 e. The first-order valence-electron chi connectivity index (χ1n) is 9.96. The van der Waals surface area contributed by atoms with Gasteiger partial charge in [-0.2, -0.15) is 0 Å². The van der Waals surface area contributed by atoms with Gasteiger partial charge in [-0.3, -0.25) is 14.5 Å². The molecule has 0 aromatic heterocycles. The Hall–Kier alpha value is -1.59. The highest BCUT2D eigenvalue weighted by atomic mass is 35.5. The molecule has 1 aromatic rings. The second-order valence-electron chi connectivity index (χ2n) is 8.13. The lowest BCUT2D eigenvalue weighted by molar-refractivity contribution is -0.135. The summed E-state index contributed by atoms with van der Waals surface area (Å²) in [5.41, 5.74) is 0.982. The maximum atomic E-state index is 12.7. The third-order valence-electron chi connectivity index (χ3n) is 5.22. The van der Waals surface area contributed by atoms with E-state index in [0.29, 0.717) is 43.0 Å². The predicted molar refractivity (Wildman–Crippen MR) is 108 cm³/mol. The summed E-state index contributed by atoms with van der Waals surface area (Å²) in [5.74, 6) is 0.881. The van der Waals surface area contributed by atoms with Crippen molar-refractivity contribution in [2.75, 3.05) is 39.3 Å². The van der Waals surface area contributed by atoms with E-state index in [1.807, 2.05) is 29.2 Å². The van der Waals surface area contributed by atoms with E-state index in [0.717, 1.165) is 38.0 Å². The fourth-order valence-corrected chi connectivity index (χ4v) is 3.69. The molecular formula is C21H30ClN3O2. The van der Waals surface area contributed by atoms with Crippen molar-refractivity contribution >= 4 is 23.4 Å². The summed E-state index contributed by atoms with van der Waals surface area (Å²) in [6, 6.07) is 7.89. The minimum Gasteiger partial charge on any atom is -0.340 e. The Balaban J connectivity index is 1.44. The molecule has 2 aliphatic rings. The normalized spacial score (nSPS) is 18.0. The van der Waals surface area contributed by atoms with Gasteiger partial charge in [-0.05, 0) is 36.5 Å². The van der Waals surface area contributed by atoms with Gasteiger partial charge < -0.3 is 9.80 Å². The van der Waals surface area contributed by atoms with Gasteiger partial charge in [0.05, 0.1) is 13.0 Å². The first-order chi connectivity index (χ1) is 12.9. The van der Waals surface area contributed by atoms with Crippen LogP contribution >= 0.6 is 11.6 Å². The number of rotatable bonds is 7. The molecule has 0 bridgehead atoms. The summed E-state index contributed by atoms with van der Waals surface area (Å²) in [4.78, 5) is 31.4. The minimum atomic E-state index is 0.141. The van der Waals surface area contributed by atoms with Crippen molar-refractivity contribution in [2.24, 2.45) is 5.92 Å². The Labute approximate surface area is 167 Å². The lowest BCUT2D eigenvalue weighted by Crippen LogP contribution is -2.52.